The molecular weight excluding hydrogens is 184 g/mol. The van der Waals surface area contributed by atoms with Gasteiger partial charge in [-0.2, -0.15) is 0 Å². The SMILES string of the molecule is CCCC(=O)N1CCC(N)(C(=O)O)C1. The molecule has 1 unspecified atom stereocenters. The molecule has 0 aromatic carbocycles. The topological polar surface area (TPSA) is 83.6 Å². The number of hydrogen-bond acceptors (Lipinski definition) is 3. The van der Waals surface area contributed by atoms with Crippen molar-refractivity contribution in [2.45, 2.75) is 31.7 Å². The van der Waals surface area contributed by atoms with Gasteiger partial charge in [0.2, 0.25) is 5.91 Å². The predicted molar refractivity (Wildman–Crippen MR) is 50.7 cm³/mol. The summed E-state index contributed by atoms with van der Waals surface area (Å²) >= 11 is 0. The van der Waals surface area contributed by atoms with E-state index in [0.717, 1.165) is 6.42 Å². The third-order valence-corrected chi connectivity index (χ3v) is 2.54. The molecule has 1 heterocycles. The largest absolute Gasteiger partial charge is 0.480 e. The highest BCUT2D eigenvalue weighted by Crippen LogP contribution is 2.19. The van der Waals surface area contributed by atoms with Gasteiger partial charge in [0.25, 0.3) is 0 Å². The van der Waals surface area contributed by atoms with Crippen molar-refractivity contribution in [2.24, 2.45) is 5.73 Å². The van der Waals surface area contributed by atoms with Crippen molar-refractivity contribution >= 4 is 11.9 Å². The monoisotopic (exact) mass is 200 g/mol. The van der Waals surface area contributed by atoms with Gasteiger partial charge in [-0.05, 0) is 12.8 Å². The third-order valence-electron chi connectivity index (χ3n) is 2.54. The van der Waals surface area contributed by atoms with E-state index in [1.807, 2.05) is 6.92 Å². The number of carbonyl (C=O) groups is 2. The minimum Gasteiger partial charge on any atom is -0.480 e. The maximum atomic E-state index is 11.4. The summed E-state index contributed by atoms with van der Waals surface area (Å²) in [5.74, 6) is -1.02. The van der Waals surface area contributed by atoms with E-state index in [9.17, 15) is 9.59 Å². The Morgan fingerprint density at radius 1 is 1.57 bits per heavy atom. The normalized spacial score (nSPS) is 26.6. The van der Waals surface area contributed by atoms with Crippen molar-refractivity contribution in [3.63, 3.8) is 0 Å². The second-order valence-corrected chi connectivity index (χ2v) is 3.78. The number of rotatable bonds is 3. The smallest absolute Gasteiger partial charge is 0.325 e. The molecule has 3 N–H and O–H groups in total. The molecule has 0 bridgehead atoms. The summed E-state index contributed by atoms with van der Waals surface area (Å²) in [6.45, 7) is 2.52. The molecule has 1 fully saturated rings. The highest BCUT2D eigenvalue weighted by atomic mass is 16.4. The molecule has 1 aliphatic heterocycles. The van der Waals surface area contributed by atoms with E-state index in [-0.39, 0.29) is 12.5 Å². The number of carboxylic acid groups (broad SMARTS) is 1. The fourth-order valence-electron chi connectivity index (χ4n) is 1.59. The fraction of sp³-hybridized carbons (Fsp3) is 0.778. The zero-order valence-corrected chi connectivity index (χ0v) is 8.32. The van der Waals surface area contributed by atoms with E-state index >= 15 is 0 Å². The van der Waals surface area contributed by atoms with Crippen LogP contribution in [0.15, 0.2) is 0 Å². The summed E-state index contributed by atoms with van der Waals surface area (Å²) in [4.78, 5) is 23.8. The lowest BCUT2D eigenvalue weighted by Crippen LogP contribution is -2.50. The van der Waals surface area contributed by atoms with Crippen molar-refractivity contribution in [1.82, 2.24) is 4.90 Å². The lowest BCUT2D eigenvalue weighted by molar-refractivity contribution is -0.143. The van der Waals surface area contributed by atoms with E-state index in [2.05, 4.69) is 0 Å². The second-order valence-electron chi connectivity index (χ2n) is 3.78. The van der Waals surface area contributed by atoms with Gasteiger partial charge in [0.15, 0.2) is 0 Å². The van der Waals surface area contributed by atoms with Crippen molar-refractivity contribution in [3.8, 4) is 0 Å². The number of hydrogen-bond donors (Lipinski definition) is 2. The zero-order valence-electron chi connectivity index (χ0n) is 8.32. The third kappa shape index (κ3) is 2.04. The summed E-state index contributed by atoms with van der Waals surface area (Å²) in [6.07, 6.45) is 1.59. The van der Waals surface area contributed by atoms with Gasteiger partial charge in [0.1, 0.15) is 5.54 Å². The molecule has 14 heavy (non-hydrogen) atoms. The van der Waals surface area contributed by atoms with Gasteiger partial charge < -0.3 is 15.7 Å². The Labute approximate surface area is 82.9 Å². The van der Waals surface area contributed by atoms with Crippen LogP contribution in [0.5, 0.6) is 0 Å². The first-order chi connectivity index (χ1) is 6.49. The molecule has 0 aromatic rings. The minimum atomic E-state index is -1.23. The lowest BCUT2D eigenvalue weighted by atomic mass is 10.0. The number of amides is 1. The van der Waals surface area contributed by atoms with Crippen molar-refractivity contribution in [1.29, 1.82) is 0 Å². The molecule has 1 saturated heterocycles. The fourth-order valence-corrected chi connectivity index (χ4v) is 1.59. The summed E-state index contributed by atoms with van der Waals surface area (Å²) in [5.41, 5.74) is 4.40. The van der Waals surface area contributed by atoms with Gasteiger partial charge in [0, 0.05) is 19.5 Å². The molecule has 5 heteroatoms. The maximum Gasteiger partial charge on any atom is 0.325 e. The van der Waals surface area contributed by atoms with E-state index in [0.29, 0.717) is 19.4 Å². The Hall–Kier alpha value is -1.10. The van der Waals surface area contributed by atoms with Crippen LogP contribution in [0, 0.1) is 0 Å². The molecule has 0 radical (unpaired) electrons. The Morgan fingerprint density at radius 2 is 2.21 bits per heavy atom. The molecule has 0 aromatic heterocycles. The first-order valence-corrected chi connectivity index (χ1v) is 4.79. The van der Waals surface area contributed by atoms with Crippen molar-refractivity contribution < 1.29 is 14.7 Å². The van der Waals surface area contributed by atoms with Crippen LogP contribution in [0.3, 0.4) is 0 Å². The maximum absolute atomic E-state index is 11.4. The number of carboxylic acids is 1. The van der Waals surface area contributed by atoms with E-state index in [1.165, 1.54) is 4.90 Å². The highest BCUT2D eigenvalue weighted by molar-refractivity contribution is 5.83. The Kier molecular flexibility index (Phi) is 3.10. The zero-order chi connectivity index (χ0) is 10.8. The van der Waals surface area contributed by atoms with E-state index in [1.54, 1.807) is 0 Å². The first-order valence-electron chi connectivity index (χ1n) is 4.79. The lowest BCUT2D eigenvalue weighted by Gasteiger charge is -2.19. The minimum absolute atomic E-state index is 0.000995. The van der Waals surface area contributed by atoms with E-state index in [4.69, 9.17) is 10.8 Å². The number of nitrogens with two attached hydrogens (primary N) is 1. The molecule has 0 saturated carbocycles. The molecule has 5 nitrogen and oxygen atoms in total. The molecular formula is C9H16N2O3. The van der Waals surface area contributed by atoms with Crippen molar-refractivity contribution in [2.75, 3.05) is 13.1 Å². The Bertz CT molecular complexity index is 254. The van der Waals surface area contributed by atoms with E-state index < -0.39 is 11.5 Å². The van der Waals surface area contributed by atoms with Gasteiger partial charge >= 0.3 is 5.97 Å². The molecule has 1 atom stereocenters. The summed E-state index contributed by atoms with van der Waals surface area (Å²) < 4.78 is 0. The number of likely N-dealkylation sites (tertiary alicyclic amines) is 1. The predicted octanol–water partition coefficient (Wildman–Crippen LogP) is -0.199. The van der Waals surface area contributed by atoms with Crippen LogP contribution in [0.4, 0.5) is 0 Å². The van der Waals surface area contributed by atoms with Crippen LogP contribution in [0.2, 0.25) is 0 Å². The van der Waals surface area contributed by atoms with Crippen LogP contribution in [0.1, 0.15) is 26.2 Å². The first kappa shape index (κ1) is 11.0. The summed E-state index contributed by atoms with van der Waals surface area (Å²) in [5, 5.41) is 8.84. The van der Waals surface area contributed by atoms with Crippen molar-refractivity contribution in [3.05, 3.63) is 0 Å². The quantitative estimate of drug-likeness (QED) is 0.661. The van der Waals surface area contributed by atoms with Crippen LogP contribution in [0.25, 0.3) is 0 Å². The standard InChI is InChI=1S/C9H16N2O3/c1-2-3-7(12)11-5-4-9(10,6-11)8(13)14/h2-6,10H2,1H3,(H,13,14). The summed E-state index contributed by atoms with van der Waals surface area (Å²) in [7, 11) is 0. The average Bonchev–Trinajstić information content (AvgIpc) is 2.50. The molecule has 0 spiro atoms. The Balaban J connectivity index is 2.56. The molecule has 1 aliphatic rings. The second kappa shape index (κ2) is 3.96. The summed E-state index contributed by atoms with van der Waals surface area (Å²) in [6, 6.07) is 0. The highest BCUT2D eigenvalue weighted by Gasteiger charge is 2.42. The average molecular weight is 200 g/mol. The molecule has 80 valence electrons. The van der Waals surface area contributed by atoms with Crippen LogP contribution in [-0.4, -0.2) is 40.5 Å². The number of carbonyl (C=O) groups excluding carboxylic acids is 1. The number of aliphatic carboxylic acids is 1. The molecule has 0 aliphatic carbocycles. The van der Waals surface area contributed by atoms with Gasteiger partial charge in [-0.3, -0.25) is 9.59 Å². The molecule has 1 rings (SSSR count). The van der Waals surface area contributed by atoms with Crippen LogP contribution >= 0.6 is 0 Å². The van der Waals surface area contributed by atoms with Gasteiger partial charge in [-0.1, -0.05) is 6.92 Å². The Morgan fingerprint density at radius 3 is 2.64 bits per heavy atom. The van der Waals surface area contributed by atoms with Crippen LogP contribution in [-0.2, 0) is 9.59 Å². The van der Waals surface area contributed by atoms with Gasteiger partial charge in [-0.15, -0.1) is 0 Å². The van der Waals surface area contributed by atoms with Gasteiger partial charge in [-0.25, -0.2) is 0 Å². The molecule has 1 amide bonds. The van der Waals surface area contributed by atoms with Crippen LogP contribution < -0.4 is 5.73 Å². The number of nitrogens with zero attached hydrogens (tertiary/aromatic N) is 1. The van der Waals surface area contributed by atoms with Gasteiger partial charge in [0.05, 0.1) is 0 Å².